The Kier molecular flexibility index (Phi) is 12.5. The highest BCUT2D eigenvalue weighted by Gasteiger charge is 2.64. The smallest absolute Gasteiger partial charge is 0.325 e. The van der Waals surface area contributed by atoms with Crippen LogP contribution in [-0.4, -0.2) is 65.3 Å². The zero-order valence-corrected chi connectivity index (χ0v) is 24.0. The van der Waals surface area contributed by atoms with Gasteiger partial charge in [-0.05, 0) is 37.4 Å². The second kappa shape index (κ2) is 13.2. The van der Waals surface area contributed by atoms with Crippen LogP contribution in [0.25, 0.3) is 0 Å². The molecule has 9 heteroatoms. The van der Waals surface area contributed by atoms with E-state index < -0.39 is 25.7 Å². The Labute approximate surface area is 189 Å². The lowest BCUT2D eigenvalue weighted by atomic mass is 10.6. The van der Waals surface area contributed by atoms with Crippen LogP contribution in [-0.2, 0) is 26.6 Å². The molecule has 1 heterocycles. The molecule has 0 aromatic carbocycles. The molecular weight excluding hydrogens is 432 g/mol. The van der Waals surface area contributed by atoms with Crippen molar-refractivity contribution in [1.82, 2.24) is 0 Å². The van der Waals surface area contributed by atoms with Gasteiger partial charge in [-0.2, -0.15) is 0 Å². The van der Waals surface area contributed by atoms with Gasteiger partial charge in [-0.3, -0.25) is 0 Å². The van der Waals surface area contributed by atoms with Gasteiger partial charge >= 0.3 is 25.7 Å². The minimum atomic E-state index is -2.55. The van der Waals surface area contributed by atoms with Gasteiger partial charge in [-0.25, -0.2) is 0 Å². The van der Waals surface area contributed by atoms with E-state index in [4.69, 9.17) is 26.6 Å². The maximum Gasteiger partial charge on any atom is 0.325 e. The van der Waals surface area contributed by atoms with Crippen molar-refractivity contribution in [1.29, 1.82) is 0 Å². The highest BCUT2D eigenvalue weighted by atomic mass is 28.5. The molecule has 0 amide bonds. The van der Waals surface area contributed by atoms with E-state index in [1.165, 1.54) is 0 Å². The van der Waals surface area contributed by atoms with Crippen LogP contribution in [0.1, 0.15) is 62.3 Å². The molecule has 0 bridgehead atoms. The van der Waals surface area contributed by atoms with Crippen LogP contribution in [0, 0.1) is 0 Å². The molecule has 0 N–H and O–H groups in total. The summed E-state index contributed by atoms with van der Waals surface area (Å²) in [5.74, 6) is 0. The summed E-state index contributed by atoms with van der Waals surface area (Å²) in [5.41, 5.74) is 0.992. The van der Waals surface area contributed by atoms with Crippen LogP contribution < -0.4 is 0 Å². The predicted molar refractivity (Wildman–Crippen MR) is 130 cm³/mol. The summed E-state index contributed by atoms with van der Waals surface area (Å²) in [4.78, 5) is 0. The molecule has 6 nitrogen and oxygen atoms in total. The van der Waals surface area contributed by atoms with Gasteiger partial charge in [0.25, 0.3) is 0 Å². The van der Waals surface area contributed by atoms with Crippen LogP contribution in [0.15, 0.2) is 0 Å². The van der Waals surface area contributed by atoms with Crippen molar-refractivity contribution in [2.75, 3.05) is 39.6 Å². The molecule has 180 valence electrons. The Morgan fingerprint density at radius 3 is 0.900 bits per heavy atom. The molecule has 1 rings (SSSR count). The third-order valence-electron chi connectivity index (χ3n) is 6.07. The maximum absolute atomic E-state index is 7.16. The summed E-state index contributed by atoms with van der Waals surface area (Å²) >= 11 is 0. The summed E-state index contributed by atoms with van der Waals surface area (Å²) in [7, 11) is -7.66. The zero-order chi connectivity index (χ0) is 22.8. The Morgan fingerprint density at radius 2 is 0.733 bits per heavy atom. The molecule has 1 aliphatic heterocycles. The lowest BCUT2D eigenvalue weighted by molar-refractivity contribution is 0.123. The number of rotatable bonds is 15. The summed E-state index contributed by atoms with van der Waals surface area (Å²) in [5, 5.41) is 0. The van der Waals surface area contributed by atoms with Gasteiger partial charge in [-0.15, -0.1) is 0 Å². The first-order valence-corrected chi connectivity index (χ1v) is 18.3. The highest BCUT2D eigenvalue weighted by Crippen LogP contribution is 2.48. The normalized spacial score (nSPS) is 30.0. The molecule has 0 atom stereocenters. The van der Waals surface area contributed by atoms with Crippen molar-refractivity contribution in [3.63, 3.8) is 0 Å². The van der Waals surface area contributed by atoms with Crippen molar-refractivity contribution < 1.29 is 26.6 Å². The van der Waals surface area contributed by atoms with Gasteiger partial charge < -0.3 is 26.6 Å². The lowest BCUT2D eigenvalue weighted by Gasteiger charge is -2.57. The van der Waals surface area contributed by atoms with Crippen molar-refractivity contribution in [2.24, 2.45) is 0 Å². The van der Waals surface area contributed by atoms with E-state index in [1.807, 2.05) is 20.8 Å². The van der Waals surface area contributed by atoms with Gasteiger partial charge in [0, 0.05) is 57.8 Å². The maximum atomic E-state index is 7.16. The minimum absolute atomic E-state index is 0.331. The summed E-state index contributed by atoms with van der Waals surface area (Å²) in [6.07, 6.45) is 0. The predicted octanol–water partition coefficient (Wildman–Crippen LogP) is 5.72. The van der Waals surface area contributed by atoms with Gasteiger partial charge in [0.05, 0.1) is 0 Å². The van der Waals surface area contributed by atoms with E-state index in [0.29, 0.717) is 56.3 Å². The van der Waals surface area contributed by atoms with Crippen LogP contribution in [0.5, 0.6) is 0 Å². The number of hydrogen-bond donors (Lipinski definition) is 0. The van der Waals surface area contributed by atoms with E-state index in [9.17, 15) is 0 Å². The van der Waals surface area contributed by atoms with Crippen molar-refractivity contribution in [2.45, 2.75) is 97.1 Å². The standard InChI is InChI=1S/C21H48O6Si3/c1-10-22-13-16-28(19(4)5)25-29(20(6)7,17-14-23-11-2)27-30(26-28,21(8)9)18-15-24-12-3/h19-21H,10-18H2,1-9H3. The van der Waals surface area contributed by atoms with Gasteiger partial charge in [0.2, 0.25) is 0 Å². The third kappa shape index (κ3) is 7.21. The monoisotopic (exact) mass is 480 g/mol. The number of hydrogen-bond acceptors (Lipinski definition) is 6. The van der Waals surface area contributed by atoms with Gasteiger partial charge in [-0.1, -0.05) is 41.5 Å². The van der Waals surface area contributed by atoms with Crippen molar-refractivity contribution in [3.8, 4) is 0 Å². The third-order valence-corrected chi connectivity index (χ3v) is 22.3. The van der Waals surface area contributed by atoms with Crippen molar-refractivity contribution >= 4 is 25.7 Å². The van der Waals surface area contributed by atoms with Gasteiger partial charge in [0.1, 0.15) is 0 Å². The molecule has 1 aliphatic rings. The zero-order valence-electron chi connectivity index (χ0n) is 21.0. The second-order valence-electron chi connectivity index (χ2n) is 9.05. The molecule has 1 fully saturated rings. The average Bonchev–Trinajstić information content (AvgIpc) is 2.68. The van der Waals surface area contributed by atoms with E-state index in [2.05, 4.69) is 41.5 Å². The summed E-state index contributed by atoms with van der Waals surface area (Å²) < 4.78 is 38.8. The Balaban J connectivity index is 3.42. The SMILES string of the molecule is CCOCC[Si]1(C(C)C)O[Si](CCOCC)(C(C)C)O[Si](CCOCC)(C(C)C)O1. The Bertz CT molecular complexity index is 403. The first kappa shape index (κ1) is 28.4. The topological polar surface area (TPSA) is 55.4 Å². The molecule has 0 radical (unpaired) electrons. The van der Waals surface area contributed by atoms with Crippen molar-refractivity contribution in [3.05, 3.63) is 0 Å². The van der Waals surface area contributed by atoms with Crippen LogP contribution in [0.2, 0.25) is 34.8 Å². The van der Waals surface area contributed by atoms with Crippen LogP contribution in [0.3, 0.4) is 0 Å². The molecule has 0 aromatic rings. The molecule has 0 aromatic heterocycles. The molecule has 0 aliphatic carbocycles. The molecule has 0 spiro atoms. The first-order valence-electron chi connectivity index (χ1n) is 12.0. The molecule has 0 unspecified atom stereocenters. The minimum Gasteiger partial charge on any atom is -0.415 e. The quantitative estimate of drug-likeness (QED) is 0.221. The summed E-state index contributed by atoms with van der Waals surface area (Å²) in [6, 6.07) is 2.57. The molecule has 0 saturated carbocycles. The Hall–Kier alpha value is 0.411. The largest absolute Gasteiger partial charge is 0.415 e. The highest BCUT2D eigenvalue weighted by molar-refractivity contribution is 6.96. The van der Waals surface area contributed by atoms with E-state index >= 15 is 0 Å². The lowest BCUT2D eigenvalue weighted by Crippen LogP contribution is -2.73. The fourth-order valence-corrected chi connectivity index (χ4v) is 23.7. The number of ether oxygens (including phenoxy) is 3. The van der Waals surface area contributed by atoms with Gasteiger partial charge in [0.15, 0.2) is 0 Å². The Morgan fingerprint density at radius 1 is 0.500 bits per heavy atom. The van der Waals surface area contributed by atoms with Crippen LogP contribution in [0.4, 0.5) is 0 Å². The second-order valence-corrected chi connectivity index (χ2v) is 21.3. The average molecular weight is 481 g/mol. The molecule has 30 heavy (non-hydrogen) atoms. The van der Waals surface area contributed by atoms with Crippen LogP contribution >= 0.6 is 0 Å². The summed E-state index contributed by atoms with van der Waals surface area (Å²) in [6.45, 7) is 23.9. The molecular formula is C21H48O6Si3. The van der Waals surface area contributed by atoms with E-state index in [-0.39, 0.29) is 0 Å². The molecule has 1 saturated heterocycles. The fraction of sp³-hybridized carbons (Fsp3) is 1.00. The first-order chi connectivity index (χ1) is 14.1. The van der Waals surface area contributed by atoms with E-state index in [1.54, 1.807) is 0 Å². The fourth-order valence-electron chi connectivity index (χ4n) is 3.90. The van der Waals surface area contributed by atoms with E-state index in [0.717, 1.165) is 18.1 Å².